The van der Waals surface area contributed by atoms with Gasteiger partial charge in [-0.1, -0.05) is 124 Å². The van der Waals surface area contributed by atoms with Gasteiger partial charge in [0.1, 0.15) is 11.6 Å². The first kappa shape index (κ1) is 35.9. The Morgan fingerprint density at radius 2 is 0.881 bits per heavy atom. The fourth-order valence-corrected chi connectivity index (χ4v) is 10.2. The summed E-state index contributed by atoms with van der Waals surface area (Å²) in [6, 6.07) is 43.3. The minimum atomic E-state index is -0.209. The van der Waals surface area contributed by atoms with E-state index in [9.17, 15) is 0 Å². The number of hydrogen-bond acceptors (Lipinski definition) is 3. The third kappa shape index (κ3) is 4.91. The average Bonchev–Trinajstić information content (AvgIpc) is 3.71. The Hall–Kier alpha value is -6.20. The molecule has 5 nitrogen and oxygen atoms in total. The average molecular weight is 770 g/mol. The van der Waals surface area contributed by atoms with E-state index in [1.54, 1.807) is 0 Å². The van der Waals surface area contributed by atoms with Crippen molar-refractivity contribution in [2.75, 3.05) is 4.90 Å². The summed E-state index contributed by atoms with van der Waals surface area (Å²) in [6.07, 6.45) is 3.88. The van der Waals surface area contributed by atoms with E-state index in [0.717, 1.165) is 39.7 Å². The van der Waals surface area contributed by atoms with Gasteiger partial charge in [-0.05, 0) is 93.7 Å². The quantitative estimate of drug-likeness (QED) is 0.180. The van der Waals surface area contributed by atoms with Crippen LogP contribution in [-0.2, 0) is 21.7 Å². The van der Waals surface area contributed by atoms with Gasteiger partial charge in [-0.15, -0.1) is 0 Å². The van der Waals surface area contributed by atoms with Crippen molar-refractivity contribution in [2.24, 2.45) is 0 Å². The summed E-state index contributed by atoms with van der Waals surface area (Å²) < 4.78 is 4.87. The summed E-state index contributed by atoms with van der Waals surface area (Å²) in [7, 11) is 0. The summed E-state index contributed by atoms with van der Waals surface area (Å²) in [5.41, 5.74) is 15.6. The van der Waals surface area contributed by atoms with Crippen LogP contribution in [0.25, 0.3) is 55.2 Å². The van der Waals surface area contributed by atoms with Gasteiger partial charge in [-0.3, -0.25) is 9.13 Å². The largest absolute Gasteiger partial charge is 0.310 e. The van der Waals surface area contributed by atoms with Crippen molar-refractivity contribution in [3.05, 3.63) is 161 Å². The SMILES string of the molecule is CC(C)(C)c1cc2c3c(c1)c1ccc(N(c4ccccc4)c4ccc5c6cc(C(C)(C)C)cc7c6n(c5c4)-c4ncccc4C7(C)C)cc1n3-c1ncccc1C2(C)C. The third-order valence-corrected chi connectivity index (χ3v) is 13.6. The number of para-hydroxylation sites is 1. The maximum Gasteiger partial charge on any atom is 0.141 e. The van der Waals surface area contributed by atoms with Gasteiger partial charge in [-0.25, -0.2) is 9.97 Å². The molecule has 0 unspecified atom stereocenters. The molecule has 0 bridgehead atoms. The van der Waals surface area contributed by atoms with Crippen LogP contribution >= 0.6 is 0 Å². The molecule has 0 spiro atoms. The zero-order valence-corrected chi connectivity index (χ0v) is 35.9. The van der Waals surface area contributed by atoms with E-state index in [2.05, 4.69) is 199 Å². The lowest BCUT2D eigenvalue weighted by atomic mass is 9.73. The van der Waals surface area contributed by atoms with E-state index in [1.807, 2.05) is 12.4 Å². The Balaban J connectivity index is 1.21. The number of hydrogen-bond donors (Lipinski definition) is 0. The second kappa shape index (κ2) is 11.7. The van der Waals surface area contributed by atoms with E-state index in [-0.39, 0.29) is 21.7 Å². The minimum absolute atomic E-state index is 0.00307. The van der Waals surface area contributed by atoms with E-state index in [1.165, 1.54) is 66.0 Å². The molecule has 292 valence electrons. The first-order valence-corrected chi connectivity index (χ1v) is 21.1. The second-order valence-corrected chi connectivity index (χ2v) is 20.1. The lowest BCUT2D eigenvalue weighted by molar-refractivity contribution is 0.580. The molecule has 5 aromatic carbocycles. The molecular weight excluding hydrogens is 719 g/mol. The number of fused-ring (bicyclic) bond motifs is 10. The standard InChI is InChI=1S/C54H51N5/c1-51(2,3)32-26-39-37-22-20-35(30-45(37)58-47(39)43(28-32)53(7,8)41-18-14-24-55-49(41)58)57(34-16-12-11-13-17-34)36-21-23-38-40-27-33(52(4,5)6)29-44-48(40)59(46(38)31-36)50-42(54(44,9)10)19-15-25-56-50/h11-31H,1-10H3. The Morgan fingerprint density at radius 3 is 1.31 bits per heavy atom. The molecule has 0 N–H and O–H groups in total. The molecule has 0 radical (unpaired) electrons. The topological polar surface area (TPSA) is 38.9 Å². The van der Waals surface area contributed by atoms with Gasteiger partial charge in [0.2, 0.25) is 0 Å². The maximum atomic E-state index is 5.10. The minimum Gasteiger partial charge on any atom is -0.310 e. The van der Waals surface area contributed by atoms with Crippen molar-refractivity contribution in [3.8, 4) is 11.6 Å². The molecule has 5 heteroatoms. The van der Waals surface area contributed by atoms with Crippen molar-refractivity contribution in [1.29, 1.82) is 0 Å². The van der Waals surface area contributed by atoms with Crippen molar-refractivity contribution in [2.45, 2.75) is 90.9 Å². The molecular formula is C54H51N5. The first-order chi connectivity index (χ1) is 28.0. The highest BCUT2D eigenvalue weighted by Crippen LogP contribution is 2.52. The molecule has 0 atom stereocenters. The summed E-state index contributed by atoms with van der Waals surface area (Å²) in [5.74, 6) is 2.02. The Kier molecular flexibility index (Phi) is 7.14. The third-order valence-electron chi connectivity index (χ3n) is 13.6. The molecule has 0 fully saturated rings. The van der Waals surface area contributed by atoms with Crippen LogP contribution < -0.4 is 4.90 Å². The van der Waals surface area contributed by atoms with E-state index < -0.39 is 0 Å². The number of nitrogens with zero attached hydrogens (tertiary/aromatic N) is 5. The number of rotatable bonds is 3. The van der Waals surface area contributed by atoms with Crippen LogP contribution in [0.15, 0.2) is 128 Å². The molecule has 0 amide bonds. The van der Waals surface area contributed by atoms with Gasteiger partial charge in [0, 0.05) is 73.0 Å². The van der Waals surface area contributed by atoms with E-state index in [0.29, 0.717) is 0 Å². The Morgan fingerprint density at radius 1 is 0.441 bits per heavy atom. The van der Waals surface area contributed by atoms with Crippen LogP contribution in [0.3, 0.4) is 0 Å². The zero-order chi connectivity index (χ0) is 41.0. The fourth-order valence-electron chi connectivity index (χ4n) is 10.2. The number of pyridine rings is 2. The van der Waals surface area contributed by atoms with Gasteiger partial charge in [-0.2, -0.15) is 0 Å². The van der Waals surface area contributed by atoms with Crippen LogP contribution in [0.5, 0.6) is 0 Å². The van der Waals surface area contributed by atoms with Gasteiger partial charge < -0.3 is 4.90 Å². The lowest BCUT2D eigenvalue weighted by Crippen LogP contribution is -2.28. The Bertz CT molecular complexity index is 3030. The summed E-state index contributed by atoms with van der Waals surface area (Å²) in [6.45, 7) is 23.3. The molecule has 9 aromatic rings. The molecule has 0 saturated carbocycles. The van der Waals surface area contributed by atoms with Gasteiger partial charge in [0.25, 0.3) is 0 Å². The van der Waals surface area contributed by atoms with E-state index in [4.69, 9.17) is 9.97 Å². The zero-order valence-electron chi connectivity index (χ0n) is 35.9. The molecule has 2 aliphatic heterocycles. The van der Waals surface area contributed by atoms with Gasteiger partial charge >= 0.3 is 0 Å². The molecule has 11 rings (SSSR count). The Labute approximate surface area is 347 Å². The van der Waals surface area contributed by atoms with Gasteiger partial charge in [0.15, 0.2) is 0 Å². The maximum absolute atomic E-state index is 5.10. The number of aromatic nitrogens is 4. The highest BCUT2D eigenvalue weighted by atomic mass is 15.2. The normalized spacial score (nSPS) is 15.2. The monoisotopic (exact) mass is 769 g/mol. The second-order valence-electron chi connectivity index (χ2n) is 20.1. The summed E-state index contributed by atoms with van der Waals surface area (Å²) >= 11 is 0. The lowest BCUT2D eigenvalue weighted by Gasteiger charge is -2.35. The van der Waals surface area contributed by atoms with Crippen LogP contribution in [0.4, 0.5) is 17.1 Å². The molecule has 59 heavy (non-hydrogen) atoms. The van der Waals surface area contributed by atoms with E-state index >= 15 is 0 Å². The summed E-state index contributed by atoms with van der Waals surface area (Å²) in [4.78, 5) is 12.6. The molecule has 0 saturated heterocycles. The van der Waals surface area contributed by atoms with Crippen LogP contribution in [0.2, 0.25) is 0 Å². The highest BCUT2D eigenvalue weighted by Gasteiger charge is 2.39. The van der Waals surface area contributed by atoms with Crippen LogP contribution in [0.1, 0.15) is 103 Å². The molecule has 0 aliphatic carbocycles. The fraction of sp³-hybridized carbons (Fsp3) is 0.259. The van der Waals surface area contributed by atoms with Crippen molar-refractivity contribution in [1.82, 2.24) is 19.1 Å². The summed E-state index contributed by atoms with van der Waals surface area (Å²) in [5, 5.41) is 5.04. The van der Waals surface area contributed by atoms with Crippen LogP contribution in [0, 0.1) is 0 Å². The predicted molar refractivity (Wildman–Crippen MR) is 247 cm³/mol. The number of anilines is 3. The molecule has 2 aliphatic rings. The van der Waals surface area contributed by atoms with Crippen molar-refractivity contribution in [3.63, 3.8) is 0 Å². The highest BCUT2D eigenvalue weighted by molar-refractivity contribution is 6.14. The molecule has 6 heterocycles. The number of benzene rings is 5. The van der Waals surface area contributed by atoms with Crippen molar-refractivity contribution >= 4 is 60.7 Å². The molecule has 4 aromatic heterocycles. The van der Waals surface area contributed by atoms with Gasteiger partial charge in [0.05, 0.1) is 22.1 Å². The van der Waals surface area contributed by atoms with Crippen LogP contribution in [-0.4, -0.2) is 19.1 Å². The smallest absolute Gasteiger partial charge is 0.141 e. The van der Waals surface area contributed by atoms with Crippen molar-refractivity contribution < 1.29 is 0 Å². The predicted octanol–water partition coefficient (Wildman–Crippen LogP) is 14.0. The first-order valence-electron chi connectivity index (χ1n) is 21.1.